The van der Waals surface area contributed by atoms with Gasteiger partial charge < -0.3 is 19.9 Å². The highest BCUT2D eigenvalue weighted by atomic mass is 19.1. The van der Waals surface area contributed by atoms with Crippen LogP contribution in [0, 0.1) is 12.7 Å². The Morgan fingerprint density at radius 1 is 1.12 bits per heavy atom. The van der Waals surface area contributed by atoms with Crippen LogP contribution in [0.4, 0.5) is 15.8 Å². The van der Waals surface area contributed by atoms with Crippen molar-refractivity contribution in [2.75, 3.05) is 50.1 Å². The molecule has 1 aliphatic heterocycles. The smallest absolute Gasteiger partial charge is 0.257 e. The van der Waals surface area contributed by atoms with Crippen molar-refractivity contribution in [1.82, 2.24) is 14.7 Å². The van der Waals surface area contributed by atoms with Crippen LogP contribution in [0.1, 0.15) is 16.1 Å². The van der Waals surface area contributed by atoms with Gasteiger partial charge in [-0.1, -0.05) is 12.1 Å². The van der Waals surface area contributed by atoms with E-state index in [9.17, 15) is 14.0 Å². The number of halogens is 1. The number of rotatable bonds is 6. The van der Waals surface area contributed by atoms with Crippen molar-refractivity contribution in [3.05, 3.63) is 71.8 Å². The number of carbonyl (C=O) groups excluding carboxylic acids is 2. The van der Waals surface area contributed by atoms with E-state index in [0.29, 0.717) is 30.2 Å². The standard InChI is InChI=1S/C24H26FN5O3/c1-17-20(15-26-30(17)22-6-4-3-5-21(22)25)24(32)28(2)16-23(31)27-18-7-9-19(10-8-18)29-11-13-33-14-12-29/h3-10,15H,11-14,16H2,1-2H3,(H,27,31). The van der Waals surface area contributed by atoms with Gasteiger partial charge in [-0.25, -0.2) is 9.07 Å². The molecule has 0 aliphatic carbocycles. The molecule has 9 heteroatoms. The predicted octanol–water partition coefficient (Wildman–Crippen LogP) is 2.87. The molecule has 0 saturated carbocycles. The number of benzene rings is 2. The second-order valence-corrected chi connectivity index (χ2v) is 7.86. The van der Waals surface area contributed by atoms with Crippen molar-refractivity contribution in [2.45, 2.75) is 6.92 Å². The topological polar surface area (TPSA) is 79.7 Å². The molecule has 3 aromatic rings. The minimum atomic E-state index is -0.435. The molecule has 4 rings (SSSR count). The van der Waals surface area contributed by atoms with Crippen LogP contribution in [0.2, 0.25) is 0 Å². The fraction of sp³-hybridized carbons (Fsp3) is 0.292. The van der Waals surface area contributed by atoms with Crippen LogP contribution >= 0.6 is 0 Å². The lowest BCUT2D eigenvalue weighted by Crippen LogP contribution is -2.36. The summed E-state index contributed by atoms with van der Waals surface area (Å²) in [5.74, 6) is -1.12. The maximum absolute atomic E-state index is 14.1. The highest BCUT2D eigenvalue weighted by Crippen LogP contribution is 2.20. The van der Waals surface area contributed by atoms with Gasteiger partial charge in [0.2, 0.25) is 5.91 Å². The van der Waals surface area contributed by atoms with E-state index in [0.717, 1.165) is 18.8 Å². The Kier molecular flexibility index (Phi) is 6.69. The summed E-state index contributed by atoms with van der Waals surface area (Å²) in [5.41, 5.74) is 2.79. The number of carbonyl (C=O) groups is 2. The third kappa shape index (κ3) is 5.04. The average molecular weight is 452 g/mol. The highest BCUT2D eigenvalue weighted by Gasteiger charge is 2.21. The molecule has 0 radical (unpaired) electrons. The zero-order valence-electron chi connectivity index (χ0n) is 18.6. The normalized spacial score (nSPS) is 13.6. The van der Waals surface area contributed by atoms with Crippen LogP contribution < -0.4 is 10.2 Å². The summed E-state index contributed by atoms with van der Waals surface area (Å²) in [5, 5.41) is 6.98. The first-order valence-corrected chi connectivity index (χ1v) is 10.7. The number of aromatic nitrogens is 2. The quantitative estimate of drug-likeness (QED) is 0.624. The van der Waals surface area contributed by atoms with Gasteiger partial charge in [0, 0.05) is 31.5 Å². The van der Waals surface area contributed by atoms with E-state index in [1.807, 2.05) is 24.3 Å². The van der Waals surface area contributed by atoms with Crippen molar-refractivity contribution in [3.8, 4) is 5.69 Å². The summed E-state index contributed by atoms with van der Waals surface area (Å²) in [6.45, 7) is 4.65. The molecule has 172 valence electrons. The summed E-state index contributed by atoms with van der Waals surface area (Å²) in [7, 11) is 1.54. The summed E-state index contributed by atoms with van der Waals surface area (Å²) in [6, 6.07) is 13.8. The van der Waals surface area contributed by atoms with Gasteiger partial charge in [-0.05, 0) is 43.3 Å². The molecule has 1 fully saturated rings. The van der Waals surface area contributed by atoms with Gasteiger partial charge in [-0.15, -0.1) is 0 Å². The Morgan fingerprint density at radius 2 is 1.82 bits per heavy atom. The van der Waals surface area contributed by atoms with Crippen molar-refractivity contribution >= 4 is 23.2 Å². The minimum absolute atomic E-state index is 0.131. The monoisotopic (exact) mass is 451 g/mol. The summed E-state index contributed by atoms with van der Waals surface area (Å²) >= 11 is 0. The molecule has 2 aromatic carbocycles. The van der Waals surface area contributed by atoms with E-state index in [2.05, 4.69) is 15.3 Å². The molecule has 1 saturated heterocycles. The maximum Gasteiger partial charge on any atom is 0.257 e. The van der Waals surface area contributed by atoms with E-state index in [-0.39, 0.29) is 24.0 Å². The number of nitrogens with one attached hydrogen (secondary N) is 1. The molecule has 8 nitrogen and oxygen atoms in total. The van der Waals surface area contributed by atoms with Crippen molar-refractivity contribution < 1.29 is 18.7 Å². The number of para-hydroxylation sites is 1. The largest absolute Gasteiger partial charge is 0.378 e. The zero-order valence-corrected chi connectivity index (χ0v) is 18.6. The third-order valence-electron chi connectivity index (χ3n) is 5.58. The van der Waals surface area contributed by atoms with E-state index < -0.39 is 5.82 Å². The molecule has 1 aliphatic rings. The molecule has 1 N–H and O–H groups in total. The van der Waals surface area contributed by atoms with Gasteiger partial charge in [-0.3, -0.25) is 9.59 Å². The Labute approximate surface area is 191 Å². The molecule has 0 unspecified atom stereocenters. The molecule has 0 spiro atoms. The molecule has 2 amide bonds. The van der Waals surface area contributed by atoms with Gasteiger partial charge >= 0.3 is 0 Å². The van der Waals surface area contributed by atoms with E-state index >= 15 is 0 Å². The van der Waals surface area contributed by atoms with Crippen molar-refractivity contribution in [3.63, 3.8) is 0 Å². The first-order chi connectivity index (χ1) is 15.9. The predicted molar refractivity (Wildman–Crippen MR) is 123 cm³/mol. The minimum Gasteiger partial charge on any atom is -0.378 e. The second kappa shape index (κ2) is 9.83. The van der Waals surface area contributed by atoms with Gasteiger partial charge in [0.25, 0.3) is 5.91 Å². The van der Waals surface area contributed by atoms with Crippen LogP contribution in [0.25, 0.3) is 5.69 Å². The fourth-order valence-corrected chi connectivity index (χ4v) is 3.76. The lowest BCUT2D eigenvalue weighted by atomic mass is 10.2. The van der Waals surface area contributed by atoms with E-state index in [4.69, 9.17) is 4.74 Å². The Morgan fingerprint density at radius 3 is 2.52 bits per heavy atom. The Bertz CT molecular complexity index is 1140. The molecule has 1 aromatic heterocycles. The first kappa shape index (κ1) is 22.5. The number of likely N-dealkylation sites (N-methyl/N-ethyl adjacent to an activating group) is 1. The lowest BCUT2D eigenvalue weighted by molar-refractivity contribution is -0.116. The van der Waals surface area contributed by atoms with Gasteiger partial charge in [0.05, 0.1) is 37.2 Å². The molecule has 2 heterocycles. The summed E-state index contributed by atoms with van der Waals surface area (Å²) in [4.78, 5) is 28.9. The molecule has 0 bridgehead atoms. The van der Waals surface area contributed by atoms with Crippen LogP contribution in [0.5, 0.6) is 0 Å². The molecular formula is C24H26FN5O3. The van der Waals surface area contributed by atoms with Crippen LogP contribution in [0.15, 0.2) is 54.7 Å². The number of nitrogens with zero attached hydrogens (tertiary/aromatic N) is 4. The van der Waals surface area contributed by atoms with Crippen LogP contribution in [-0.4, -0.2) is 66.4 Å². The number of hydrogen-bond donors (Lipinski definition) is 1. The fourth-order valence-electron chi connectivity index (χ4n) is 3.76. The number of hydrogen-bond acceptors (Lipinski definition) is 5. The molecular weight excluding hydrogens is 425 g/mol. The average Bonchev–Trinajstić information content (AvgIpc) is 3.20. The molecule has 0 atom stereocenters. The number of ether oxygens (including phenoxy) is 1. The van der Waals surface area contributed by atoms with Crippen LogP contribution in [-0.2, 0) is 9.53 Å². The van der Waals surface area contributed by atoms with Gasteiger partial charge in [0.1, 0.15) is 11.5 Å². The number of morpholine rings is 1. The lowest BCUT2D eigenvalue weighted by Gasteiger charge is -2.28. The SMILES string of the molecule is Cc1c(C(=O)N(C)CC(=O)Nc2ccc(N3CCOCC3)cc2)cnn1-c1ccccc1F. The second-order valence-electron chi connectivity index (χ2n) is 7.86. The van der Waals surface area contributed by atoms with E-state index in [1.54, 1.807) is 32.2 Å². The number of amides is 2. The van der Waals surface area contributed by atoms with Crippen molar-refractivity contribution in [1.29, 1.82) is 0 Å². The Hall–Kier alpha value is -3.72. The highest BCUT2D eigenvalue weighted by molar-refractivity contribution is 5.99. The summed E-state index contributed by atoms with van der Waals surface area (Å²) in [6.07, 6.45) is 1.39. The van der Waals surface area contributed by atoms with Crippen LogP contribution in [0.3, 0.4) is 0 Å². The van der Waals surface area contributed by atoms with E-state index in [1.165, 1.54) is 21.8 Å². The summed E-state index contributed by atoms with van der Waals surface area (Å²) < 4.78 is 20.9. The zero-order chi connectivity index (χ0) is 23.4. The maximum atomic E-state index is 14.1. The number of anilines is 2. The van der Waals surface area contributed by atoms with Gasteiger partial charge in [-0.2, -0.15) is 5.10 Å². The van der Waals surface area contributed by atoms with Gasteiger partial charge in [0.15, 0.2) is 0 Å². The first-order valence-electron chi connectivity index (χ1n) is 10.7. The van der Waals surface area contributed by atoms with Crippen molar-refractivity contribution in [2.24, 2.45) is 0 Å². The Balaban J connectivity index is 1.37. The molecule has 33 heavy (non-hydrogen) atoms. The third-order valence-corrected chi connectivity index (χ3v) is 5.58.